The number of sulfonamides is 1. The minimum absolute atomic E-state index is 0.00328. The molecular weight excluding hydrogens is 272 g/mol. The van der Waals surface area contributed by atoms with Crippen LogP contribution < -0.4 is 4.72 Å². The van der Waals surface area contributed by atoms with Gasteiger partial charge in [-0.25, -0.2) is 13.1 Å². The molecule has 1 saturated carbocycles. The summed E-state index contributed by atoms with van der Waals surface area (Å²) in [7, 11) is -3.80. The van der Waals surface area contributed by atoms with E-state index in [4.69, 9.17) is 9.63 Å². The zero-order valence-corrected chi connectivity index (χ0v) is 11.5. The number of carbonyl (C=O) groups is 1. The number of nitrogens with zero attached hydrogens (tertiary/aromatic N) is 1. The van der Waals surface area contributed by atoms with Crippen LogP contribution in [0.25, 0.3) is 0 Å². The van der Waals surface area contributed by atoms with Crippen molar-refractivity contribution in [1.82, 2.24) is 9.88 Å². The van der Waals surface area contributed by atoms with Crippen LogP contribution in [0.2, 0.25) is 0 Å². The standard InChI is InChI=1S/C11H16N2O5S/c1-6-11(7(2)18-12-6)19(16,17)13-9(5-10(14)15)8-3-4-8/h8-9,13H,3-5H2,1-2H3,(H,14,15). The van der Waals surface area contributed by atoms with Gasteiger partial charge in [0.2, 0.25) is 10.0 Å². The maximum Gasteiger partial charge on any atom is 0.304 e. The minimum Gasteiger partial charge on any atom is -0.481 e. The monoisotopic (exact) mass is 288 g/mol. The third-order valence-corrected chi connectivity index (χ3v) is 4.86. The lowest BCUT2D eigenvalue weighted by molar-refractivity contribution is -0.137. The van der Waals surface area contributed by atoms with Crippen molar-refractivity contribution in [2.24, 2.45) is 5.92 Å². The second-order valence-electron chi connectivity index (χ2n) is 4.82. The van der Waals surface area contributed by atoms with E-state index >= 15 is 0 Å². The zero-order chi connectivity index (χ0) is 14.2. The quantitative estimate of drug-likeness (QED) is 0.802. The number of aliphatic carboxylic acids is 1. The number of nitrogens with one attached hydrogen (secondary N) is 1. The Kier molecular flexibility index (Phi) is 3.64. The Bertz CT molecular complexity index is 569. The van der Waals surface area contributed by atoms with Crippen LogP contribution in [0.4, 0.5) is 0 Å². The van der Waals surface area contributed by atoms with Gasteiger partial charge in [-0.2, -0.15) is 0 Å². The van der Waals surface area contributed by atoms with E-state index in [9.17, 15) is 13.2 Å². The first kappa shape index (κ1) is 14.0. The number of aryl methyl sites for hydroxylation is 2. The van der Waals surface area contributed by atoms with Crippen LogP contribution in [-0.2, 0) is 14.8 Å². The van der Waals surface area contributed by atoms with E-state index in [2.05, 4.69) is 9.88 Å². The van der Waals surface area contributed by atoms with Crippen LogP contribution in [0.5, 0.6) is 0 Å². The second kappa shape index (κ2) is 4.93. The fourth-order valence-corrected chi connectivity index (χ4v) is 3.74. The van der Waals surface area contributed by atoms with E-state index in [0.717, 1.165) is 12.8 Å². The van der Waals surface area contributed by atoms with Crippen LogP contribution >= 0.6 is 0 Å². The Hall–Kier alpha value is -1.41. The molecule has 1 aromatic rings. The summed E-state index contributed by atoms with van der Waals surface area (Å²) < 4.78 is 31.8. The van der Waals surface area contributed by atoms with E-state index in [1.807, 2.05) is 0 Å². The van der Waals surface area contributed by atoms with E-state index in [-0.39, 0.29) is 28.7 Å². The van der Waals surface area contributed by atoms with Crippen molar-refractivity contribution in [1.29, 1.82) is 0 Å². The molecule has 8 heteroatoms. The molecule has 1 aromatic heterocycles. The van der Waals surface area contributed by atoms with Gasteiger partial charge in [0.05, 0.1) is 6.42 Å². The van der Waals surface area contributed by atoms with Gasteiger partial charge in [-0.1, -0.05) is 5.16 Å². The number of hydrogen-bond donors (Lipinski definition) is 2. The van der Waals surface area contributed by atoms with Gasteiger partial charge in [0.1, 0.15) is 10.6 Å². The van der Waals surface area contributed by atoms with E-state index in [0.29, 0.717) is 0 Å². The summed E-state index contributed by atoms with van der Waals surface area (Å²) in [5.41, 5.74) is 0.273. The third-order valence-electron chi connectivity index (χ3n) is 3.13. The largest absolute Gasteiger partial charge is 0.481 e. The van der Waals surface area contributed by atoms with Crippen molar-refractivity contribution in [3.8, 4) is 0 Å². The number of carboxylic acids is 1. The molecule has 1 unspecified atom stereocenters. The molecule has 1 fully saturated rings. The molecule has 0 radical (unpaired) electrons. The maximum absolute atomic E-state index is 12.3. The summed E-state index contributed by atoms with van der Waals surface area (Å²) in [5, 5.41) is 12.4. The lowest BCUT2D eigenvalue weighted by Gasteiger charge is -2.16. The molecule has 0 amide bonds. The first-order valence-corrected chi connectivity index (χ1v) is 7.46. The van der Waals surface area contributed by atoms with Crippen molar-refractivity contribution in [3.05, 3.63) is 11.5 Å². The minimum atomic E-state index is -3.80. The molecule has 106 valence electrons. The van der Waals surface area contributed by atoms with E-state index < -0.39 is 22.0 Å². The molecule has 0 bridgehead atoms. The highest BCUT2D eigenvalue weighted by atomic mass is 32.2. The summed E-state index contributed by atoms with van der Waals surface area (Å²) in [6.07, 6.45) is 1.48. The summed E-state index contributed by atoms with van der Waals surface area (Å²) >= 11 is 0. The van der Waals surface area contributed by atoms with Crippen molar-refractivity contribution in [2.45, 2.75) is 44.0 Å². The van der Waals surface area contributed by atoms with Crippen LogP contribution in [0.1, 0.15) is 30.7 Å². The topological polar surface area (TPSA) is 110 Å². The summed E-state index contributed by atoms with van der Waals surface area (Å²) in [6.45, 7) is 3.05. The second-order valence-corrected chi connectivity index (χ2v) is 6.47. The van der Waals surface area contributed by atoms with Crippen LogP contribution in [0.15, 0.2) is 9.42 Å². The lowest BCUT2D eigenvalue weighted by atomic mass is 10.1. The molecule has 0 aliphatic heterocycles. The molecule has 1 atom stereocenters. The SMILES string of the molecule is Cc1noc(C)c1S(=O)(=O)NC(CC(=O)O)C1CC1. The summed E-state index contributed by atoms with van der Waals surface area (Å²) in [4.78, 5) is 10.8. The molecule has 0 spiro atoms. The van der Waals surface area contributed by atoms with Gasteiger partial charge in [-0.15, -0.1) is 0 Å². The molecule has 19 heavy (non-hydrogen) atoms. The Morgan fingerprint density at radius 2 is 2.16 bits per heavy atom. The van der Waals surface area contributed by atoms with Crippen LogP contribution in [0.3, 0.4) is 0 Å². The lowest BCUT2D eigenvalue weighted by Crippen LogP contribution is -2.38. The maximum atomic E-state index is 12.3. The van der Waals surface area contributed by atoms with Crippen molar-refractivity contribution < 1.29 is 22.8 Å². The van der Waals surface area contributed by atoms with Crippen LogP contribution in [-0.4, -0.2) is 30.7 Å². The van der Waals surface area contributed by atoms with Gasteiger partial charge in [0, 0.05) is 6.04 Å². The number of aromatic nitrogens is 1. The molecule has 2 rings (SSSR count). The van der Waals surface area contributed by atoms with Crippen molar-refractivity contribution in [2.75, 3.05) is 0 Å². The first-order valence-electron chi connectivity index (χ1n) is 5.98. The first-order chi connectivity index (χ1) is 8.81. The van der Waals surface area contributed by atoms with Gasteiger partial charge >= 0.3 is 5.97 Å². The van der Waals surface area contributed by atoms with Crippen molar-refractivity contribution in [3.63, 3.8) is 0 Å². The Balaban J connectivity index is 2.22. The fraction of sp³-hybridized carbons (Fsp3) is 0.636. The molecule has 1 aliphatic carbocycles. The number of carboxylic acid groups (broad SMARTS) is 1. The van der Waals surface area contributed by atoms with Gasteiger partial charge in [-0.3, -0.25) is 4.79 Å². The average Bonchev–Trinajstić information content (AvgIpc) is 3.03. The predicted molar refractivity (Wildman–Crippen MR) is 65.1 cm³/mol. The van der Waals surface area contributed by atoms with Crippen LogP contribution in [0, 0.1) is 19.8 Å². The highest BCUT2D eigenvalue weighted by Crippen LogP contribution is 2.35. The Labute approximate surface area is 111 Å². The smallest absolute Gasteiger partial charge is 0.304 e. The molecule has 1 aliphatic rings. The number of rotatable bonds is 6. The number of hydrogen-bond acceptors (Lipinski definition) is 5. The Morgan fingerprint density at radius 3 is 2.58 bits per heavy atom. The van der Waals surface area contributed by atoms with Gasteiger partial charge < -0.3 is 9.63 Å². The van der Waals surface area contributed by atoms with Gasteiger partial charge in [-0.05, 0) is 32.6 Å². The predicted octanol–water partition coefficient (Wildman–Crippen LogP) is 0.823. The molecule has 7 nitrogen and oxygen atoms in total. The molecule has 0 saturated heterocycles. The Morgan fingerprint density at radius 1 is 1.53 bits per heavy atom. The summed E-state index contributed by atoms with van der Waals surface area (Å²) in [5.74, 6) is -0.709. The highest BCUT2D eigenvalue weighted by Gasteiger charge is 2.37. The average molecular weight is 288 g/mol. The van der Waals surface area contributed by atoms with Gasteiger partial charge in [0.25, 0.3) is 0 Å². The molecule has 0 aromatic carbocycles. The van der Waals surface area contributed by atoms with E-state index in [1.54, 1.807) is 0 Å². The normalized spacial score (nSPS) is 17.4. The van der Waals surface area contributed by atoms with Gasteiger partial charge in [0.15, 0.2) is 5.76 Å². The molecule has 2 N–H and O–H groups in total. The fourth-order valence-electron chi connectivity index (χ4n) is 2.11. The summed E-state index contributed by atoms with van der Waals surface area (Å²) in [6, 6.07) is -0.573. The molecular formula is C11H16N2O5S. The van der Waals surface area contributed by atoms with Crippen molar-refractivity contribution >= 4 is 16.0 Å². The molecule has 1 heterocycles. The zero-order valence-electron chi connectivity index (χ0n) is 10.7. The third kappa shape index (κ3) is 3.13. The highest BCUT2D eigenvalue weighted by molar-refractivity contribution is 7.89. The van der Waals surface area contributed by atoms with E-state index in [1.165, 1.54) is 13.8 Å².